The van der Waals surface area contributed by atoms with Gasteiger partial charge in [-0.1, -0.05) is 18.2 Å². The highest BCUT2D eigenvalue weighted by Gasteiger charge is 2.11. The summed E-state index contributed by atoms with van der Waals surface area (Å²) in [5.41, 5.74) is 15.1. The number of nitrogens with two attached hydrogens (primary N) is 2. The Kier molecular flexibility index (Phi) is 1.87. The number of fused-ring (bicyclic) bond motifs is 1. The largest absolute Gasteiger partial charge is 0.312 e. The van der Waals surface area contributed by atoms with Gasteiger partial charge in [0, 0.05) is 0 Å². The second kappa shape index (κ2) is 2.88. The molecular weight excluding hydrogens is 148 g/mol. The SMILES string of the molecule is NC(N)c1ccc2c(c1)CCC2. The van der Waals surface area contributed by atoms with Crippen LogP contribution in [0.4, 0.5) is 0 Å². The van der Waals surface area contributed by atoms with Crippen molar-refractivity contribution >= 4 is 0 Å². The van der Waals surface area contributed by atoms with Crippen molar-refractivity contribution in [2.24, 2.45) is 11.5 Å². The standard InChI is InChI=1S/C10H14N2/c11-10(12)9-5-4-7-2-1-3-8(7)6-9/h4-6,10H,1-3,11-12H2. The molecule has 0 bridgehead atoms. The first-order chi connectivity index (χ1) is 5.77. The van der Waals surface area contributed by atoms with Crippen molar-refractivity contribution in [1.29, 1.82) is 0 Å². The highest BCUT2D eigenvalue weighted by atomic mass is 14.8. The summed E-state index contributed by atoms with van der Waals surface area (Å²) in [4.78, 5) is 0. The van der Waals surface area contributed by atoms with Gasteiger partial charge in [-0.3, -0.25) is 0 Å². The summed E-state index contributed by atoms with van der Waals surface area (Å²) in [6.45, 7) is 0. The average Bonchev–Trinajstić information content (AvgIpc) is 2.49. The van der Waals surface area contributed by atoms with Crippen molar-refractivity contribution < 1.29 is 0 Å². The zero-order valence-corrected chi connectivity index (χ0v) is 7.09. The number of benzene rings is 1. The van der Waals surface area contributed by atoms with Crippen molar-refractivity contribution in [3.63, 3.8) is 0 Å². The van der Waals surface area contributed by atoms with E-state index in [1.165, 1.54) is 30.4 Å². The lowest BCUT2D eigenvalue weighted by Crippen LogP contribution is -2.20. The molecule has 0 fully saturated rings. The number of hydrogen-bond acceptors (Lipinski definition) is 2. The van der Waals surface area contributed by atoms with E-state index in [0.29, 0.717) is 0 Å². The predicted molar refractivity (Wildman–Crippen MR) is 49.6 cm³/mol. The highest BCUT2D eigenvalue weighted by Crippen LogP contribution is 2.23. The molecule has 0 heterocycles. The van der Waals surface area contributed by atoms with Gasteiger partial charge in [-0.2, -0.15) is 0 Å². The molecular formula is C10H14N2. The third-order valence-electron chi connectivity index (χ3n) is 2.51. The smallest absolute Gasteiger partial charge is 0.0784 e. The number of aryl methyl sites for hydroxylation is 2. The van der Waals surface area contributed by atoms with Crippen LogP contribution in [0.15, 0.2) is 18.2 Å². The summed E-state index contributed by atoms with van der Waals surface area (Å²) < 4.78 is 0. The molecule has 0 amide bonds. The van der Waals surface area contributed by atoms with E-state index in [0.717, 1.165) is 5.56 Å². The average molecular weight is 162 g/mol. The fourth-order valence-corrected chi connectivity index (χ4v) is 1.80. The van der Waals surface area contributed by atoms with Crippen molar-refractivity contribution in [3.05, 3.63) is 34.9 Å². The third-order valence-corrected chi connectivity index (χ3v) is 2.51. The molecule has 1 aromatic carbocycles. The van der Waals surface area contributed by atoms with Gasteiger partial charge in [0.15, 0.2) is 0 Å². The van der Waals surface area contributed by atoms with Gasteiger partial charge in [0.05, 0.1) is 6.17 Å². The van der Waals surface area contributed by atoms with Crippen molar-refractivity contribution in [3.8, 4) is 0 Å². The summed E-state index contributed by atoms with van der Waals surface area (Å²) in [6, 6.07) is 6.34. The Morgan fingerprint density at radius 1 is 1.08 bits per heavy atom. The van der Waals surface area contributed by atoms with Gasteiger partial charge in [0.1, 0.15) is 0 Å². The topological polar surface area (TPSA) is 52.0 Å². The monoisotopic (exact) mass is 162 g/mol. The molecule has 4 N–H and O–H groups in total. The van der Waals surface area contributed by atoms with Crippen LogP contribution >= 0.6 is 0 Å². The summed E-state index contributed by atoms with van der Waals surface area (Å²) in [5, 5.41) is 0. The van der Waals surface area contributed by atoms with Crippen LogP contribution < -0.4 is 11.5 Å². The molecule has 64 valence electrons. The fourth-order valence-electron chi connectivity index (χ4n) is 1.80. The van der Waals surface area contributed by atoms with Crippen molar-refractivity contribution in [1.82, 2.24) is 0 Å². The molecule has 1 aliphatic rings. The molecule has 0 unspecified atom stereocenters. The first kappa shape index (κ1) is 7.77. The van der Waals surface area contributed by atoms with Crippen LogP contribution in [0.3, 0.4) is 0 Å². The maximum absolute atomic E-state index is 5.59. The summed E-state index contributed by atoms with van der Waals surface area (Å²) in [5.74, 6) is 0. The minimum atomic E-state index is -0.323. The molecule has 0 saturated heterocycles. The summed E-state index contributed by atoms with van der Waals surface area (Å²) >= 11 is 0. The molecule has 2 heteroatoms. The summed E-state index contributed by atoms with van der Waals surface area (Å²) in [6.07, 6.45) is 3.36. The highest BCUT2D eigenvalue weighted by molar-refractivity contribution is 5.36. The molecule has 1 aromatic rings. The Morgan fingerprint density at radius 3 is 2.58 bits per heavy atom. The van der Waals surface area contributed by atoms with E-state index in [4.69, 9.17) is 11.5 Å². The Morgan fingerprint density at radius 2 is 1.83 bits per heavy atom. The molecule has 12 heavy (non-hydrogen) atoms. The molecule has 0 spiro atoms. The van der Waals surface area contributed by atoms with Gasteiger partial charge in [-0.15, -0.1) is 0 Å². The Bertz CT molecular complexity index is 292. The number of rotatable bonds is 1. The lowest BCUT2D eigenvalue weighted by Gasteiger charge is -2.07. The van der Waals surface area contributed by atoms with Gasteiger partial charge in [-0.25, -0.2) is 0 Å². The van der Waals surface area contributed by atoms with Gasteiger partial charge < -0.3 is 11.5 Å². The van der Waals surface area contributed by atoms with E-state index in [9.17, 15) is 0 Å². The Hall–Kier alpha value is -0.860. The van der Waals surface area contributed by atoms with E-state index in [2.05, 4.69) is 12.1 Å². The van der Waals surface area contributed by atoms with E-state index in [1.54, 1.807) is 0 Å². The summed E-state index contributed by atoms with van der Waals surface area (Å²) in [7, 11) is 0. The molecule has 0 radical (unpaired) electrons. The third kappa shape index (κ3) is 1.24. The van der Waals surface area contributed by atoms with Crippen LogP contribution in [0.2, 0.25) is 0 Å². The fraction of sp³-hybridized carbons (Fsp3) is 0.400. The van der Waals surface area contributed by atoms with Crippen molar-refractivity contribution in [2.75, 3.05) is 0 Å². The van der Waals surface area contributed by atoms with Crippen LogP contribution in [0, 0.1) is 0 Å². The molecule has 0 saturated carbocycles. The number of hydrogen-bond donors (Lipinski definition) is 2. The van der Waals surface area contributed by atoms with Crippen LogP contribution in [-0.4, -0.2) is 0 Å². The minimum absolute atomic E-state index is 0.323. The van der Waals surface area contributed by atoms with Gasteiger partial charge in [-0.05, 0) is 36.0 Å². The zero-order chi connectivity index (χ0) is 8.55. The zero-order valence-electron chi connectivity index (χ0n) is 7.09. The van der Waals surface area contributed by atoms with Crippen molar-refractivity contribution in [2.45, 2.75) is 25.4 Å². The van der Waals surface area contributed by atoms with E-state index < -0.39 is 0 Å². The maximum Gasteiger partial charge on any atom is 0.0784 e. The van der Waals surface area contributed by atoms with Gasteiger partial charge in [0.25, 0.3) is 0 Å². The molecule has 2 nitrogen and oxygen atoms in total. The second-order valence-corrected chi connectivity index (χ2v) is 3.41. The van der Waals surface area contributed by atoms with Crippen LogP contribution in [0.1, 0.15) is 29.3 Å². The lowest BCUT2D eigenvalue weighted by atomic mass is 10.1. The molecule has 2 rings (SSSR count). The van der Waals surface area contributed by atoms with Crippen LogP contribution in [0.25, 0.3) is 0 Å². The second-order valence-electron chi connectivity index (χ2n) is 3.41. The van der Waals surface area contributed by atoms with Gasteiger partial charge >= 0.3 is 0 Å². The molecule has 1 aliphatic carbocycles. The van der Waals surface area contributed by atoms with Gasteiger partial charge in [0.2, 0.25) is 0 Å². The molecule has 0 aliphatic heterocycles. The van der Waals surface area contributed by atoms with Crippen LogP contribution in [0.5, 0.6) is 0 Å². The lowest BCUT2D eigenvalue weighted by molar-refractivity contribution is 0.772. The normalized spacial score (nSPS) is 15.2. The first-order valence-electron chi connectivity index (χ1n) is 4.40. The van der Waals surface area contributed by atoms with E-state index in [-0.39, 0.29) is 6.17 Å². The molecule has 0 aromatic heterocycles. The molecule has 0 atom stereocenters. The minimum Gasteiger partial charge on any atom is -0.312 e. The van der Waals surface area contributed by atoms with Crippen LogP contribution in [-0.2, 0) is 12.8 Å². The maximum atomic E-state index is 5.59. The first-order valence-corrected chi connectivity index (χ1v) is 4.40. The van der Waals surface area contributed by atoms with E-state index in [1.807, 2.05) is 6.07 Å². The quantitative estimate of drug-likeness (QED) is 0.607. The predicted octanol–water partition coefficient (Wildman–Crippen LogP) is 1.09. The Labute approximate surface area is 72.6 Å². The Balaban J connectivity index is 2.39. The van der Waals surface area contributed by atoms with E-state index >= 15 is 0 Å².